The number of hydrogen-bond acceptors (Lipinski definition) is 5. The van der Waals surface area contributed by atoms with Crippen LogP contribution >= 0.6 is 11.6 Å². The molecule has 128 valence electrons. The van der Waals surface area contributed by atoms with E-state index in [0.717, 1.165) is 52.5 Å². The molecule has 2 aliphatic rings. The van der Waals surface area contributed by atoms with E-state index in [0.29, 0.717) is 11.1 Å². The number of aromatic hydroxyl groups is 1. The first-order chi connectivity index (χ1) is 11.1. The van der Waals surface area contributed by atoms with Gasteiger partial charge in [0.15, 0.2) is 0 Å². The monoisotopic (exact) mass is 339 g/mol. The fourth-order valence-electron chi connectivity index (χ4n) is 3.48. The highest BCUT2D eigenvalue weighted by molar-refractivity contribution is 6.32. The van der Waals surface area contributed by atoms with Crippen molar-refractivity contribution in [3.05, 3.63) is 28.8 Å². The quantitative estimate of drug-likeness (QED) is 0.874. The van der Waals surface area contributed by atoms with Crippen LogP contribution in [0.1, 0.15) is 18.5 Å². The molecule has 0 aliphatic carbocycles. The van der Waals surface area contributed by atoms with Gasteiger partial charge in [-0.05, 0) is 24.6 Å². The van der Waals surface area contributed by atoms with Crippen molar-refractivity contribution in [1.29, 1.82) is 0 Å². The topological polar surface area (TPSA) is 48.0 Å². The van der Waals surface area contributed by atoms with Gasteiger partial charge < -0.3 is 15.2 Å². The van der Waals surface area contributed by atoms with E-state index >= 15 is 0 Å². The molecule has 1 aromatic carbocycles. The number of phenols is 1. The van der Waals surface area contributed by atoms with Gasteiger partial charge in [-0.25, -0.2) is 0 Å². The molecule has 2 saturated heterocycles. The van der Waals surface area contributed by atoms with Gasteiger partial charge in [-0.2, -0.15) is 0 Å². The lowest BCUT2D eigenvalue weighted by molar-refractivity contribution is 0.0138. The number of rotatable bonds is 4. The van der Waals surface area contributed by atoms with Crippen LogP contribution < -0.4 is 5.32 Å². The zero-order chi connectivity index (χ0) is 16.2. The van der Waals surface area contributed by atoms with Crippen LogP contribution in [0.4, 0.5) is 0 Å². The Morgan fingerprint density at radius 2 is 2.13 bits per heavy atom. The molecule has 0 bridgehead atoms. The first-order valence-electron chi connectivity index (χ1n) is 8.40. The summed E-state index contributed by atoms with van der Waals surface area (Å²) in [5.41, 5.74) is 1.17. The van der Waals surface area contributed by atoms with Gasteiger partial charge in [0, 0.05) is 51.4 Å². The van der Waals surface area contributed by atoms with Gasteiger partial charge >= 0.3 is 0 Å². The van der Waals surface area contributed by atoms with Crippen LogP contribution in [-0.2, 0) is 4.74 Å². The minimum Gasteiger partial charge on any atom is -0.506 e. The molecular weight excluding hydrogens is 314 g/mol. The van der Waals surface area contributed by atoms with Crippen molar-refractivity contribution in [2.45, 2.75) is 19.0 Å². The van der Waals surface area contributed by atoms with Crippen molar-refractivity contribution in [3.63, 3.8) is 0 Å². The van der Waals surface area contributed by atoms with E-state index < -0.39 is 0 Å². The minimum absolute atomic E-state index is 0.147. The Bertz CT molecular complexity index is 523. The Morgan fingerprint density at radius 3 is 2.83 bits per heavy atom. The van der Waals surface area contributed by atoms with E-state index in [1.165, 1.54) is 5.56 Å². The summed E-state index contributed by atoms with van der Waals surface area (Å²) >= 11 is 6.16. The number of piperazine rings is 1. The zero-order valence-corrected chi connectivity index (χ0v) is 14.4. The highest BCUT2D eigenvalue weighted by atomic mass is 35.5. The van der Waals surface area contributed by atoms with Gasteiger partial charge in [-0.3, -0.25) is 9.80 Å². The van der Waals surface area contributed by atoms with Crippen LogP contribution in [0.3, 0.4) is 0 Å². The molecule has 6 heteroatoms. The molecular formula is C17H26ClN3O2. The lowest BCUT2D eigenvalue weighted by atomic mass is 10.0. The molecule has 0 amide bonds. The molecule has 2 N–H and O–H groups in total. The number of halogens is 1. The van der Waals surface area contributed by atoms with Gasteiger partial charge in [0.05, 0.1) is 18.2 Å². The lowest BCUT2D eigenvalue weighted by Gasteiger charge is -2.42. The van der Waals surface area contributed by atoms with Crippen molar-refractivity contribution >= 4 is 11.6 Å². The van der Waals surface area contributed by atoms with Crippen LogP contribution in [0, 0.1) is 0 Å². The zero-order valence-electron chi connectivity index (χ0n) is 13.7. The van der Waals surface area contributed by atoms with Gasteiger partial charge in [0.1, 0.15) is 5.75 Å². The number of hydrogen-bond donors (Lipinski definition) is 2. The molecule has 0 aromatic heterocycles. The molecule has 3 rings (SSSR count). The third-order valence-electron chi connectivity index (χ3n) is 4.84. The Hall–Kier alpha value is -0.850. The second-order valence-electron chi connectivity index (χ2n) is 6.43. The van der Waals surface area contributed by atoms with Gasteiger partial charge in [0.2, 0.25) is 0 Å². The Kier molecular flexibility index (Phi) is 5.77. The van der Waals surface area contributed by atoms with Crippen LogP contribution in [0.5, 0.6) is 5.75 Å². The summed E-state index contributed by atoms with van der Waals surface area (Å²) in [6.45, 7) is 9.83. The lowest BCUT2D eigenvalue weighted by Crippen LogP contribution is -2.53. The largest absolute Gasteiger partial charge is 0.506 e. The van der Waals surface area contributed by atoms with Crippen molar-refractivity contribution in [1.82, 2.24) is 15.1 Å². The van der Waals surface area contributed by atoms with Crippen molar-refractivity contribution in [2.75, 3.05) is 52.5 Å². The van der Waals surface area contributed by atoms with Crippen LogP contribution in [-0.4, -0.2) is 73.4 Å². The van der Waals surface area contributed by atoms with E-state index in [-0.39, 0.29) is 11.8 Å². The summed E-state index contributed by atoms with van der Waals surface area (Å²) in [7, 11) is 0. The molecule has 2 aliphatic heterocycles. The summed E-state index contributed by atoms with van der Waals surface area (Å²) in [6.07, 6.45) is 0. The first-order valence-corrected chi connectivity index (χ1v) is 8.78. The fraction of sp³-hybridized carbons (Fsp3) is 0.647. The second kappa shape index (κ2) is 7.81. The standard InChI is InChI=1S/C17H26ClN3O2/c1-13-11-19-4-5-21(13)16(12-20-6-8-23-9-7-20)14-2-3-17(22)15(18)10-14/h2-3,10,13,16,19,22H,4-9,11-12H2,1H3. The van der Waals surface area contributed by atoms with Crippen molar-refractivity contribution < 1.29 is 9.84 Å². The molecule has 2 unspecified atom stereocenters. The maximum Gasteiger partial charge on any atom is 0.134 e. The van der Waals surface area contributed by atoms with Gasteiger partial charge in [0.25, 0.3) is 0 Å². The van der Waals surface area contributed by atoms with E-state index in [1.807, 2.05) is 12.1 Å². The third kappa shape index (κ3) is 4.17. The van der Waals surface area contributed by atoms with Crippen molar-refractivity contribution in [2.24, 2.45) is 0 Å². The number of morpholine rings is 1. The molecule has 0 spiro atoms. The number of nitrogens with zero attached hydrogens (tertiary/aromatic N) is 2. The van der Waals surface area contributed by atoms with Crippen LogP contribution in [0.2, 0.25) is 5.02 Å². The highest BCUT2D eigenvalue weighted by Gasteiger charge is 2.29. The second-order valence-corrected chi connectivity index (χ2v) is 6.84. The summed E-state index contributed by atoms with van der Waals surface area (Å²) in [5, 5.41) is 13.6. The van der Waals surface area contributed by atoms with E-state index in [2.05, 4.69) is 22.0 Å². The van der Waals surface area contributed by atoms with E-state index in [4.69, 9.17) is 16.3 Å². The predicted molar refractivity (Wildman–Crippen MR) is 92.2 cm³/mol. The molecule has 0 saturated carbocycles. The molecule has 2 heterocycles. The molecule has 2 fully saturated rings. The van der Waals surface area contributed by atoms with Crippen LogP contribution in [0.25, 0.3) is 0 Å². The Morgan fingerprint density at radius 1 is 1.35 bits per heavy atom. The fourth-order valence-corrected chi connectivity index (χ4v) is 3.67. The maximum absolute atomic E-state index is 9.73. The summed E-state index contributed by atoms with van der Waals surface area (Å²) in [4.78, 5) is 5.01. The third-order valence-corrected chi connectivity index (χ3v) is 5.15. The first kappa shape index (κ1) is 17.0. The molecule has 2 atom stereocenters. The average Bonchev–Trinajstić information content (AvgIpc) is 2.57. The summed E-state index contributed by atoms with van der Waals surface area (Å²) in [5.74, 6) is 0.147. The maximum atomic E-state index is 9.73. The minimum atomic E-state index is 0.147. The number of benzene rings is 1. The SMILES string of the molecule is CC1CNCCN1C(CN1CCOCC1)c1ccc(O)c(Cl)c1. The Balaban J connectivity index is 1.83. The van der Waals surface area contributed by atoms with E-state index in [9.17, 15) is 5.11 Å². The van der Waals surface area contributed by atoms with Gasteiger partial charge in [-0.15, -0.1) is 0 Å². The van der Waals surface area contributed by atoms with Gasteiger partial charge in [-0.1, -0.05) is 17.7 Å². The predicted octanol–water partition coefficient (Wildman–Crippen LogP) is 1.71. The van der Waals surface area contributed by atoms with Crippen molar-refractivity contribution in [3.8, 4) is 5.75 Å². The summed E-state index contributed by atoms with van der Waals surface area (Å²) in [6, 6.07) is 6.37. The number of phenolic OH excluding ortho intramolecular Hbond substituents is 1. The number of ether oxygens (including phenoxy) is 1. The Labute approximate surface area is 143 Å². The highest BCUT2D eigenvalue weighted by Crippen LogP contribution is 2.31. The molecule has 0 radical (unpaired) electrons. The molecule has 1 aromatic rings. The van der Waals surface area contributed by atoms with Crippen LogP contribution in [0.15, 0.2) is 18.2 Å². The number of nitrogens with one attached hydrogen (secondary N) is 1. The summed E-state index contributed by atoms with van der Waals surface area (Å²) < 4.78 is 5.47. The normalized spacial score (nSPS) is 25.4. The van der Waals surface area contributed by atoms with E-state index in [1.54, 1.807) is 6.07 Å². The average molecular weight is 340 g/mol. The molecule has 5 nitrogen and oxygen atoms in total. The smallest absolute Gasteiger partial charge is 0.134 e. The molecule has 23 heavy (non-hydrogen) atoms.